The Bertz CT molecular complexity index is 828. The SMILES string of the molecule is Cc1c(C(=O)NCCNC(=O)C(C)C)cnn1-c1cccc(C(F)(F)F)c1. The molecular formula is C18H21F3N4O2. The molecular weight excluding hydrogens is 361 g/mol. The molecule has 0 unspecified atom stereocenters. The topological polar surface area (TPSA) is 76.0 Å². The van der Waals surface area contributed by atoms with Gasteiger partial charge in [0.1, 0.15) is 0 Å². The summed E-state index contributed by atoms with van der Waals surface area (Å²) in [5.74, 6) is -0.670. The van der Waals surface area contributed by atoms with Gasteiger partial charge in [-0.15, -0.1) is 0 Å². The summed E-state index contributed by atoms with van der Waals surface area (Å²) in [4.78, 5) is 23.7. The van der Waals surface area contributed by atoms with Crippen LogP contribution in [0.1, 0.15) is 35.5 Å². The Hall–Kier alpha value is -2.84. The number of benzene rings is 1. The number of amides is 2. The monoisotopic (exact) mass is 382 g/mol. The second-order valence-corrected chi connectivity index (χ2v) is 6.31. The molecule has 0 fully saturated rings. The van der Waals surface area contributed by atoms with Gasteiger partial charge in [-0.2, -0.15) is 18.3 Å². The van der Waals surface area contributed by atoms with Crippen LogP contribution < -0.4 is 10.6 Å². The number of alkyl halides is 3. The molecule has 2 rings (SSSR count). The third-order valence-corrected chi connectivity index (χ3v) is 3.91. The molecule has 2 aromatic rings. The molecule has 0 saturated carbocycles. The maximum absolute atomic E-state index is 12.9. The lowest BCUT2D eigenvalue weighted by Gasteiger charge is -2.10. The maximum Gasteiger partial charge on any atom is 0.416 e. The van der Waals surface area contributed by atoms with Crippen LogP contribution in [-0.4, -0.2) is 34.7 Å². The van der Waals surface area contributed by atoms with Crippen LogP contribution in [0.5, 0.6) is 0 Å². The Morgan fingerprint density at radius 2 is 1.85 bits per heavy atom. The normalized spacial score (nSPS) is 11.5. The van der Waals surface area contributed by atoms with Crippen LogP contribution in [0.25, 0.3) is 5.69 Å². The highest BCUT2D eigenvalue weighted by Crippen LogP contribution is 2.30. The molecule has 0 saturated heterocycles. The van der Waals surface area contributed by atoms with Crippen molar-refractivity contribution in [2.24, 2.45) is 5.92 Å². The highest BCUT2D eigenvalue weighted by molar-refractivity contribution is 5.95. The van der Waals surface area contributed by atoms with Crippen LogP contribution >= 0.6 is 0 Å². The third kappa shape index (κ3) is 5.08. The molecule has 27 heavy (non-hydrogen) atoms. The van der Waals surface area contributed by atoms with Gasteiger partial charge in [0.2, 0.25) is 5.91 Å². The Kier molecular flexibility index (Phi) is 6.24. The summed E-state index contributed by atoms with van der Waals surface area (Å²) in [6, 6.07) is 4.72. The van der Waals surface area contributed by atoms with Crippen LogP contribution in [-0.2, 0) is 11.0 Å². The van der Waals surface area contributed by atoms with Crippen molar-refractivity contribution in [3.05, 3.63) is 47.3 Å². The first kappa shape index (κ1) is 20.5. The zero-order chi connectivity index (χ0) is 20.2. The van der Waals surface area contributed by atoms with Crippen molar-refractivity contribution in [1.29, 1.82) is 0 Å². The standard InChI is InChI=1S/C18H21F3N4O2/c1-11(2)16(26)22-7-8-23-17(27)15-10-24-25(12(15)3)14-6-4-5-13(9-14)18(19,20)21/h4-6,9-11H,7-8H2,1-3H3,(H,22,26)(H,23,27). The predicted octanol–water partition coefficient (Wildman–Crippen LogP) is 2.70. The van der Waals surface area contributed by atoms with Gasteiger partial charge in [0.05, 0.1) is 28.7 Å². The van der Waals surface area contributed by atoms with Crippen LogP contribution in [0.2, 0.25) is 0 Å². The summed E-state index contributed by atoms with van der Waals surface area (Å²) in [6.45, 7) is 5.64. The highest BCUT2D eigenvalue weighted by Gasteiger charge is 2.30. The van der Waals surface area contributed by atoms with E-state index in [1.807, 2.05) is 0 Å². The molecule has 1 heterocycles. The molecule has 0 aliphatic heterocycles. The zero-order valence-electron chi connectivity index (χ0n) is 15.2. The number of carbonyl (C=O) groups excluding carboxylic acids is 2. The minimum atomic E-state index is -4.46. The Morgan fingerprint density at radius 1 is 1.19 bits per heavy atom. The van der Waals surface area contributed by atoms with E-state index in [2.05, 4.69) is 15.7 Å². The summed E-state index contributed by atoms with van der Waals surface area (Å²) in [6.07, 6.45) is -3.16. The van der Waals surface area contributed by atoms with Gasteiger partial charge in [-0.3, -0.25) is 9.59 Å². The van der Waals surface area contributed by atoms with Crippen molar-refractivity contribution in [1.82, 2.24) is 20.4 Å². The number of hydrogen-bond acceptors (Lipinski definition) is 3. The molecule has 146 valence electrons. The molecule has 0 radical (unpaired) electrons. The first-order chi connectivity index (χ1) is 12.6. The van der Waals surface area contributed by atoms with Gasteiger partial charge in [0.15, 0.2) is 0 Å². The molecule has 0 aliphatic carbocycles. The molecule has 0 spiro atoms. The van der Waals surface area contributed by atoms with E-state index < -0.39 is 17.6 Å². The average molecular weight is 382 g/mol. The molecule has 1 aromatic heterocycles. The van der Waals surface area contributed by atoms with Crippen molar-refractivity contribution < 1.29 is 22.8 Å². The number of hydrogen-bond donors (Lipinski definition) is 2. The number of carbonyl (C=O) groups is 2. The molecule has 0 atom stereocenters. The van der Waals surface area contributed by atoms with E-state index in [9.17, 15) is 22.8 Å². The van der Waals surface area contributed by atoms with Crippen molar-refractivity contribution in [3.63, 3.8) is 0 Å². The molecule has 0 bridgehead atoms. The minimum Gasteiger partial charge on any atom is -0.354 e. The minimum absolute atomic E-state index is 0.113. The Morgan fingerprint density at radius 3 is 2.48 bits per heavy atom. The average Bonchev–Trinajstić information content (AvgIpc) is 2.99. The first-order valence-corrected chi connectivity index (χ1v) is 8.39. The summed E-state index contributed by atoms with van der Waals surface area (Å²) in [5.41, 5.74) is 0.0907. The molecule has 0 aliphatic rings. The van der Waals surface area contributed by atoms with Crippen LogP contribution in [0.4, 0.5) is 13.2 Å². The van der Waals surface area contributed by atoms with Gasteiger partial charge in [-0.05, 0) is 25.1 Å². The quantitative estimate of drug-likeness (QED) is 0.755. The van der Waals surface area contributed by atoms with Crippen LogP contribution in [0.3, 0.4) is 0 Å². The van der Waals surface area contributed by atoms with E-state index >= 15 is 0 Å². The summed E-state index contributed by atoms with van der Waals surface area (Å²) in [5, 5.41) is 9.35. The predicted molar refractivity (Wildman–Crippen MR) is 93.5 cm³/mol. The van der Waals surface area contributed by atoms with E-state index in [-0.39, 0.29) is 36.2 Å². The van der Waals surface area contributed by atoms with Gasteiger partial charge in [0, 0.05) is 19.0 Å². The smallest absolute Gasteiger partial charge is 0.354 e. The van der Waals surface area contributed by atoms with Gasteiger partial charge >= 0.3 is 6.18 Å². The maximum atomic E-state index is 12.9. The van der Waals surface area contributed by atoms with E-state index in [4.69, 9.17) is 0 Å². The molecule has 9 heteroatoms. The molecule has 2 N–H and O–H groups in total. The number of nitrogens with one attached hydrogen (secondary N) is 2. The Labute approximate surface area is 154 Å². The summed E-state index contributed by atoms with van der Waals surface area (Å²) in [7, 11) is 0. The lowest BCUT2D eigenvalue weighted by molar-refractivity contribution is -0.137. The lowest BCUT2D eigenvalue weighted by Crippen LogP contribution is -2.36. The van der Waals surface area contributed by atoms with Crippen molar-refractivity contribution >= 4 is 11.8 Å². The number of rotatable bonds is 6. The second-order valence-electron chi connectivity index (χ2n) is 6.31. The highest BCUT2D eigenvalue weighted by atomic mass is 19.4. The van der Waals surface area contributed by atoms with Gasteiger partial charge in [-0.1, -0.05) is 19.9 Å². The fourth-order valence-corrected chi connectivity index (χ4v) is 2.37. The largest absolute Gasteiger partial charge is 0.416 e. The lowest BCUT2D eigenvalue weighted by atomic mass is 10.2. The van der Waals surface area contributed by atoms with Crippen molar-refractivity contribution in [2.75, 3.05) is 13.1 Å². The molecule has 1 aromatic carbocycles. The summed E-state index contributed by atoms with van der Waals surface area (Å²) >= 11 is 0. The van der Waals surface area contributed by atoms with Crippen LogP contribution in [0.15, 0.2) is 30.5 Å². The van der Waals surface area contributed by atoms with E-state index in [1.54, 1.807) is 20.8 Å². The van der Waals surface area contributed by atoms with Crippen molar-refractivity contribution in [2.45, 2.75) is 26.9 Å². The number of nitrogens with zero attached hydrogens (tertiary/aromatic N) is 2. The number of halogens is 3. The van der Waals surface area contributed by atoms with Gasteiger partial charge in [-0.25, -0.2) is 4.68 Å². The van der Waals surface area contributed by atoms with Crippen LogP contribution in [0, 0.1) is 12.8 Å². The van der Waals surface area contributed by atoms with Gasteiger partial charge in [0.25, 0.3) is 5.91 Å². The van der Waals surface area contributed by atoms with Crippen molar-refractivity contribution in [3.8, 4) is 5.69 Å². The molecule has 6 nitrogen and oxygen atoms in total. The Balaban J connectivity index is 2.07. The first-order valence-electron chi connectivity index (χ1n) is 8.39. The van der Waals surface area contributed by atoms with E-state index in [0.29, 0.717) is 5.69 Å². The zero-order valence-corrected chi connectivity index (χ0v) is 15.2. The van der Waals surface area contributed by atoms with E-state index in [1.165, 1.54) is 23.0 Å². The second kappa shape index (κ2) is 8.24. The fourth-order valence-electron chi connectivity index (χ4n) is 2.37. The van der Waals surface area contributed by atoms with Gasteiger partial charge < -0.3 is 10.6 Å². The summed E-state index contributed by atoms with van der Waals surface area (Å²) < 4.78 is 39.9. The number of aromatic nitrogens is 2. The third-order valence-electron chi connectivity index (χ3n) is 3.91. The van der Waals surface area contributed by atoms with E-state index in [0.717, 1.165) is 12.1 Å². The fraction of sp³-hybridized carbons (Fsp3) is 0.389. The molecule has 2 amide bonds.